The molecule has 1 saturated heterocycles. The van der Waals surface area contributed by atoms with Gasteiger partial charge in [0, 0.05) is 60.6 Å². The molecule has 0 atom stereocenters. The molecule has 7 rings (SSSR count). The van der Waals surface area contributed by atoms with Crippen LogP contribution in [0.5, 0.6) is 0 Å². The monoisotopic (exact) mass is 556 g/mol. The second kappa shape index (κ2) is 11.2. The lowest BCUT2D eigenvalue weighted by molar-refractivity contribution is 0.102. The minimum absolute atomic E-state index is 0.106. The Morgan fingerprint density at radius 3 is 2.45 bits per heavy atom. The van der Waals surface area contributed by atoms with Crippen molar-refractivity contribution < 1.29 is 4.79 Å². The van der Waals surface area contributed by atoms with Crippen molar-refractivity contribution in [3.8, 4) is 22.5 Å². The molecule has 0 spiro atoms. The molecule has 2 fully saturated rings. The minimum atomic E-state index is -0.106. The van der Waals surface area contributed by atoms with Crippen LogP contribution in [0.4, 0.5) is 5.69 Å². The maximum Gasteiger partial charge on any atom is 0.255 e. The van der Waals surface area contributed by atoms with Crippen molar-refractivity contribution in [3.63, 3.8) is 0 Å². The summed E-state index contributed by atoms with van der Waals surface area (Å²) in [6.45, 7) is 7.48. The number of aromatic amines is 1. The predicted octanol–water partition coefficient (Wildman–Crippen LogP) is 6.48. The number of amides is 1. The number of aromatic nitrogens is 3. The van der Waals surface area contributed by atoms with Crippen LogP contribution in [-0.4, -0.2) is 63.9 Å². The molecule has 2 aromatic heterocycles. The molecule has 1 amide bonds. The Kier molecular flexibility index (Phi) is 7.06. The molecule has 1 aliphatic carbocycles. The smallest absolute Gasteiger partial charge is 0.255 e. The van der Waals surface area contributed by atoms with Crippen LogP contribution in [0.25, 0.3) is 33.5 Å². The van der Waals surface area contributed by atoms with Crippen molar-refractivity contribution in [1.82, 2.24) is 24.8 Å². The Balaban J connectivity index is 1.12. The van der Waals surface area contributed by atoms with E-state index < -0.39 is 0 Å². The number of piperazine rings is 1. The largest absolute Gasteiger partial charge is 0.339 e. The van der Waals surface area contributed by atoms with Crippen molar-refractivity contribution in [2.45, 2.75) is 32.2 Å². The van der Waals surface area contributed by atoms with E-state index in [-0.39, 0.29) is 5.91 Å². The molecule has 1 saturated carbocycles. The standard InChI is InChI=1S/C35H36N6O/c1-23-29(4-3-5-31(23)39-35(42)28-14-12-26(13-15-28)25-10-11-25)33-30-20-32(38-34(30)37-22-36-33)27-8-6-24(7-9-27)21-41-18-16-40(2)17-19-41/h3-9,12-15,20,22,25H,10-11,16-19,21H2,1-2H3,(H,39,42)(H,36,37,38). The van der Waals surface area contributed by atoms with Crippen molar-refractivity contribution in [1.29, 1.82) is 0 Å². The molecule has 2 N–H and O–H groups in total. The quantitative estimate of drug-likeness (QED) is 0.240. The van der Waals surface area contributed by atoms with Gasteiger partial charge in [-0.15, -0.1) is 0 Å². The summed E-state index contributed by atoms with van der Waals surface area (Å²) >= 11 is 0. The first-order valence-corrected chi connectivity index (χ1v) is 14.9. The predicted molar refractivity (Wildman–Crippen MR) is 169 cm³/mol. The summed E-state index contributed by atoms with van der Waals surface area (Å²) in [6, 6.07) is 24.9. The summed E-state index contributed by atoms with van der Waals surface area (Å²) < 4.78 is 0. The first-order chi connectivity index (χ1) is 20.5. The number of rotatable bonds is 7. The molecular weight excluding hydrogens is 520 g/mol. The minimum Gasteiger partial charge on any atom is -0.339 e. The summed E-state index contributed by atoms with van der Waals surface area (Å²) in [6.07, 6.45) is 4.10. The van der Waals surface area contributed by atoms with Gasteiger partial charge in [0.15, 0.2) is 0 Å². The summed E-state index contributed by atoms with van der Waals surface area (Å²) in [5.74, 6) is 0.566. The van der Waals surface area contributed by atoms with Gasteiger partial charge in [0.2, 0.25) is 0 Å². The second-order valence-electron chi connectivity index (χ2n) is 11.8. The number of carbonyl (C=O) groups excluding carboxylic acids is 1. The van der Waals surface area contributed by atoms with E-state index in [0.717, 1.165) is 77.5 Å². The molecule has 7 nitrogen and oxygen atoms in total. The van der Waals surface area contributed by atoms with E-state index in [9.17, 15) is 4.79 Å². The third-order valence-electron chi connectivity index (χ3n) is 8.75. The molecule has 3 heterocycles. The summed E-state index contributed by atoms with van der Waals surface area (Å²) in [5, 5.41) is 4.08. The lowest BCUT2D eigenvalue weighted by atomic mass is 10.0. The van der Waals surface area contributed by atoms with Crippen molar-refractivity contribution >= 4 is 22.6 Å². The normalized spacial score (nSPS) is 16.1. The highest BCUT2D eigenvalue weighted by atomic mass is 16.1. The van der Waals surface area contributed by atoms with Gasteiger partial charge >= 0.3 is 0 Å². The van der Waals surface area contributed by atoms with E-state index in [2.05, 4.69) is 85.6 Å². The Bertz CT molecular complexity index is 1730. The zero-order valence-electron chi connectivity index (χ0n) is 24.2. The van der Waals surface area contributed by atoms with Gasteiger partial charge in [0.05, 0.1) is 5.69 Å². The highest BCUT2D eigenvalue weighted by Crippen LogP contribution is 2.40. The number of fused-ring (bicyclic) bond motifs is 1. The first-order valence-electron chi connectivity index (χ1n) is 14.9. The van der Waals surface area contributed by atoms with Crippen LogP contribution >= 0.6 is 0 Å². The Hall–Kier alpha value is -4.33. The Morgan fingerprint density at radius 1 is 0.952 bits per heavy atom. The molecule has 0 bridgehead atoms. The highest BCUT2D eigenvalue weighted by molar-refractivity contribution is 6.05. The maximum atomic E-state index is 13.1. The fourth-order valence-electron chi connectivity index (χ4n) is 5.91. The summed E-state index contributed by atoms with van der Waals surface area (Å²) in [5.41, 5.74) is 9.80. The van der Waals surface area contributed by atoms with E-state index >= 15 is 0 Å². The van der Waals surface area contributed by atoms with E-state index in [1.54, 1.807) is 6.33 Å². The molecule has 0 radical (unpaired) electrons. The third-order valence-corrected chi connectivity index (χ3v) is 8.75. The SMILES string of the molecule is Cc1c(NC(=O)c2ccc(C3CC3)cc2)cccc1-c1ncnc2[nH]c(-c3ccc(CN4CCN(C)CC4)cc3)cc12. The van der Waals surface area contributed by atoms with Gasteiger partial charge < -0.3 is 15.2 Å². The number of carbonyl (C=O) groups is 1. The number of hydrogen-bond donors (Lipinski definition) is 2. The maximum absolute atomic E-state index is 13.1. The zero-order chi connectivity index (χ0) is 28.6. The third kappa shape index (κ3) is 5.45. The van der Waals surface area contributed by atoms with Crippen LogP contribution in [-0.2, 0) is 6.54 Å². The molecule has 42 heavy (non-hydrogen) atoms. The molecule has 2 aliphatic rings. The van der Waals surface area contributed by atoms with E-state index in [1.165, 1.54) is 24.0 Å². The van der Waals surface area contributed by atoms with Gasteiger partial charge in [-0.2, -0.15) is 0 Å². The number of nitrogens with zero attached hydrogens (tertiary/aromatic N) is 4. The van der Waals surface area contributed by atoms with E-state index in [4.69, 9.17) is 0 Å². The topological polar surface area (TPSA) is 77.1 Å². The van der Waals surface area contributed by atoms with Crippen molar-refractivity contribution in [2.75, 3.05) is 38.5 Å². The molecule has 212 valence electrons. The van der Waals surface area contributed by atoms with E-state index in [1.807, 2.05) is 31.2 Å². The van der Waals surface area contributed by atoms with Gasteiger partial charge in [-0.25, -0.2) is 9.97 Å². The lowest BCUT2D eigenvalue weighted by Gasteiger charge is -2.32. The van der Waals surface area contributed by atoms with Gasteiger partial charge in [-0.3, -0.25) is 9.69 Å². The van der Waals surface area contributed by atoms with Crippen molar-refractivity contribution in [3.05, 3.63) is 101 Å². The molecular formula is C35H36N6O. The van der Waals surface area contributed by atoms with Gasteiger partial charge in [-0.1, -0.05) is 48.5 Å². The van der Waals surface area contributed by atoms with Crippen LogP contribution in [0.15, 0.2) is 79.1 Å². The fraction of sp³-hybridized carbons (Fsp3) is 0.286. The van der Waals surface area contributed by atoms with Gasteiger partial charge in [0.1, 0.15) is 12.0 Å². The van der Waals surface area contributed by atoms with Crippen LogP contribution in [0.3, 0.4) is 0 Å². The average molecular weight is 557 g/mol. The zero-order valence-corrected chi connectivity index (χ0v) is 24.2. The second-order valence-corrected chi connectivity index (χ2v) is 11.8. The number of nitrogens with one attached hydrogen (secondary N) is 2. The highest BCUT2D eigenvalue weighted by Gasteiger charge is 2.23. The molecule has 3 aromatic carbocycles. The van der Waals surface area contributed by atoms with Crippen molar-refractivity contribution in [2.24, 2.45) is 0 Å². The summed E-state index contributed by atoms with van der Waals surface area (Å²) in [7, 11) is 2.19. The van der Waals surface area contributed by atoms with Gasteiger partial charge in [-0.05, 0) is 79.3 Å². The van der Waals surface area contributed by atoms with Crippen LogP contribution in [0, 0.1) is 6.92 Å². The van der Waals surface area contributed by atoms with E-state index in [0.29, 0.717) is 11.5 Å². The van der Waals surface area contributed by atoms with Crippen LogP contribution in [0.2, 0.25) is 0 Å². The molecule has 0 unspecified atom stereocenters. The number of H-pyrrole nitrogens is 1. The van der Waals surface area contributed by atoms with Crippen LogP contribution in [0.1, 0.15) is 45.8 Å². The molecule has 7 heteroatoms. The van der Waals surface area contributed by atoms with Crippen LogP contribution < -0.4 is 5.32 Å². The Labute approximate surface area is 246 Å². The lowest BCUT2D eigenvalue weighted by Crippen LogP contribution is -2.43. The first kappa shape index (κ1) is 26.6. The number of benzene rings is 3. The summed E-state index contributed by atoms with van der Waals surface area (Å²) in [4.78, 5) is 30.7. The van der Waals surface area contributed by atoms with Gasteiger partial charge in [0.25, 0.3) is 5.91 Å². The number of hydrogen-bond acceptors (Lipinski definition) is 5. The average Bonchev–Trinajstić information content (AvgIpc) is 3.77. The number of likely N-dealkylation sites (N-methyl/N-ethyl adjacent to an activating group) is 1. The Morgan fingerprint density at radius 2 is 1.71 bits per heavy atom. The fourth-order valence-corrected chi connectivity index (χ4v) is 5.91. The molecule has 5 aromatic rings. The molecule has 1 aliphatic heterocycles. The number of anilines is 1.